The smallest absolute Gasteiger partial charge is 0.189 e. The van der Waals surface area contributed by atoms with Gasteiger partial charge in [0.25, 0.3) is 0 Å². The minimum Gasteiger partial charge on any atom is -0.467 e. The predicted molar refractivity (Wildman–Crippen MR) is 89.4 cm³/mol. The second-order valence-corrected chi connectivity index (χ2v) is 6.02. The lowest BCUT2D eigenvalue weighted by Crippen LogP contribution is -2.27. The highest BCUT2D eigenvalue weighted by molar-refractivity contribution is 6.30. The summed E-state index contributed by atoms with van der Waals surface area (Å²) < 4.78 is 11.0. The van der Waals surface area contributed by atoms with Gasteiger partial charge in [-0.05, 0) is 17.7 Å². The van der Waals surface area contributed by atoms with E-state index in [0.29, 0.717) is 24.7 Å². The summed E-state index contributed by atoms with van der Waals surface area (Å²) in [7, 11) is 0. The fourth-order valence-corrected chi connectivity index (χ4v) is 3.08. The van der Waals surface area contributed by atoms with E-state index in [4.69, 9.17) is 21.1 Å². The van der Waals surface area contributed by atoms with Crippen LogP contribution in [-0.2, 0) is 24.4 Å². The molecule has 2 aromatic carbocycles. The Morgan fingerprint density at radius 2 is 1.96 bits per heavy atom. The van der Waals surface area contributed by atoms with E-state index in [9.17, 15) is 5.11 Å². The van der Waals surface area contributed by atoms with Gasteiger partial charge in [0.15, 0.2) is 6.79 Å². The van der Waals surface area contributed by atoms with Crippen LogP contribution in [0, 0.1) is 0 Å². The molecule has 0 unspecified atom stereocenters. The molecule has 0 bridgehead atoms. The van der Waals surface area contributed by atoms with Gasteiger partial charge in [-0.15, -0.1) is 0 Å². The number of hydrogen-bond donors (Lipinski definition) is 1. The van der Waals surface area contributed by atoms with E-state index in [1.165, 1.54) is 5.56 Å². The summed E-state index contributed by atoms with van der Waals surface area (Å²) in [6.07, 6.45) is 0. The van der Waals surface area contributed by atoms with Crippen LogP contribution in [0.25, 0.3) is 0 Å². The lowest BCUT2D eigenvalue weighted by atomic mass is 10.1. The van der Waals surface area contributed by atoms with E-state index in [0.717, 1.165) is 23.4 Å². The monoisotopic (exact) mass is 333 g/mol. The van der Waals surface area contributed by atoms with Crippen LogP contribution in [0.1, 0.15) is 16.7 Å². The molecule has 23 heavy (non-hydrogen) atoms. The molecule has 1 heterocycles. The quantitative estimate of drug-likeness (QED) is 0.881. The lowest BCUT2D eigenvalue weighted by Gasteiger charge is -2.26. The fraction of sp³-hybridized carbons (Fsp3) is 0.333. The van der Waals surface area contributed by atoms with Crippen molar-refractivity contribution in [3.8, 4) is 5.75 Å². The summed E-state index contributed by atoms with van der Waals surface area (Å²) in [5.41, 5.74) is 3.21. The zero-order valence-electron chi connectivity index (χ0n) is 12.9. The third-order valence-corrected chi connectivity index (χ3v) is 4.03. The topological polar surface area (TPSA) is 41.9 Å². The average molecular weight is 334 g/mol. The van der Waals surface area contributed by atoms with Crippen LogP contribution in [0.5, 0.6) is 5.75 Å². The highest BCUT2D eigenvalue weighted by Crippen LogP contribution is 2.32. The molecule has 0 saturated carbocycles. The van der Waals surface area contributed by atoms with Crippen LogP contribution in [-0.4, -0.2) is 30.0 Å². The van der Waals surface area contributed by atoms with Crippen LogP contribution < -0.4 is 4.74 Å². The number of halogens is 1. The first kappa shape index (κ1) is 16.3. The number of aliphatic hydroxyl groups is 1. The molecule has 122 valence electrons. The Kier molecular flexibility index (Phi) is 5.51. The largest absolute Gasteiger partial charge is 0.467 e. The van der Waals surface area contributed by atoms with Gasteiger partial charge < -0.3 is 14.6 Å². The van der Waals surface area contributed by atoms with Crippen molar-refractivity contribution in [2.75, 3.05) is 19.9 Å². The van der Waals surface area contributed by atoms with Crippen molar-refractivity contribution >= 4 is 11.6 Å². The molecule has 1 aliphatic heterocycles. The molecule has 3 rings (SSSR count). The molecular weight excluding hydrogens is 314 g/mol. The summed E-state index contributed by atoms with van der Waals surface area (Å²) in [5.74, 6) is 0.858. The molecule has 0 aliphatic carbocycles. The average Bonchev–Trinajstić information content (AvgIpc) is 2.56. The van der Waals surface area contributed by atoms with Gasteiger partial charge in [0.2, 0.25) is 0 Å². The van der Waals surface area contributed by atoms with E-state index in [1.807, 2.05) is 30.3 Å². The third kappa shape index (κ3) is 4.24. The van der Waals surface area contributed by atoms with Crippen LogP contribution in [0.15, 0.2) is 42.5 Å². The standard InChI is InChI=1S/C18H20ClNO3/c19-17-8-15(18-16(9-17)12-22-13-23-18)11-20(6-7-21)10-14-4-2-1-3-5-14/h1-5,8-9,21H,6-7,10-13H2. The molecule has 0 amide bonds. The van der Waals surface area contributed by atoms with Gasteiger partial charge in [-0.2, -0.15) is 0 Å². The van der Waals surface area contributed by atoms with Gasteiger partial charge in [0.1, 0.15) is 5.75 Å². The summed E-state index contributed by atoms with van der Waals surface area (Å²) in [6, 6.07) is 14.0. The molecule has 0 saturated heterocycles. The maximum absolute atomic E-state index is 9.37. The molecule has 0 aromatic heterocycles. The minimum atomic E-state index is 0.111. The molecule has 0 fully saturated rings. The normalized spacial score (nSPS) is 13.7. The molecule has 2 aromatic rings. The summed E-state index contributed by atoms with van der Waals surface area (Å²) in [6.45, 7) is 2.91. The van der Waals surface area contributed by atoms with Crippen LogP contribution in [0.2, 0.25) is 5.02 Å². The van der Waals surface area contributed by atoms with E-state index in [1.54, 1.807) is 0 Å². The fourth-order valence-electron chi connectivity index (χ4n) is 2.81. The SMILES string of the molecule is OCCN(Cc1ccccc1)Cc1cc(Cl)cc2c1OCOC2. The number of aliphatic hydroxyl groups excluding tert-OH is 1. The molecule has 0 spiro atoms. The number of rotatable bonds is 6. The number of benzene rings is 2. The van der Waals surface area contributed by atoms with Gasteiger partial charge in [-0.25, -0.2) is 0 Å². The minimum absolute atomic E-state index is 0.111. The van der Waals surface area contributed by atoms with Crippen molar-refractivity contribution in [1.82, 2.24) is 4.90 Å². The van der Waals surface area contributed by atoms with Crippen LogP contribution >= 0.6 is 11.6 Å². The Morgan fingerprint density at radius 3 is 2.74 bits per heavy atom. The Hall–Kier alpha value is -1.59. The summed E-state index contributed by atoms with van der Waals surface area (Å²) in [5, 5.41) is 10.0. The van der Waals surface area contributed by atoms with Crippen molar-refractivity contribution in [1.29, 1.82) is 0 Å². The molecule has 1 aliphatic rings. The van der Waals surface area contributed by atoms with Gasteiger partial charge in [-0.1, -0.05) is 41.9 Å². The van der Waals surface area contributed by atoms with E-state index in [2.05, 4.69) is 17.0 Å². The van der Waals surface area contributed by atoms with Crippen molar-refractivity contribution in [2.45, 2.75) is 19.7 Å². The van der Waals surface area contributed by atoms with Crippen molar-refractivity contribution in [2.24, 2.45) is 0 Å². The Labute approximate surface area is 141 Å². The first-order valence-electron chi connectivity index (χ1n) is 7.65. The number of hydrogen-bond acceptors (Lipinski definition) is 4. The molecule has 1 N–H and O–H groups in total. The van der Waals surface area contributed by atoms with Gasteiger partial charge in [0, 0.05) is 35.8 Å². The van der Waals surface area contributed by atoms with Crippen molar-refractivity contribution in [3.05, 3.63) is 64.2 Å². The van der Waals surface area contributed by atoms with Crippen LogP contribution in [0.4, 0.5) is 0 Å². The van der Waals surface area contributed by atoms with Gasteiger partial charge in [0.05, 0.1) is 13.2 Å². The maximum Gasteiger partial charge on any atom is 0.189 e. The van der Waals surface area contributed by atoms with Crippen molar-refractivity contribution < 1.29 is 14.6 Å². The molecule has 0 atom stereocenters. The van der Waals surface area contributed by atoms with Gasteiger partial charge in [-0.3, -0.25) is 4.90 Å². The highest BCUT2D eigenvalue weighted by Gasteiger charge is 2.18. The Morgan fingerprint density at radius 1 is 1.13 bits per heavy atom. The molecule has 5 heteroatoms. The number of nitrogens with zero attached hydrogens (tertiary/aromatic N) is 1. The second-order valence-electron chi connectivity index (χ2n) is 5.58. The van der Waals surface area contributed by atoms with Gasteiger partial charge >= 0.3 is 0 Å². The Bertz CT molecular complexity index is 648. The summed E-state index contributed by atoms with van der Waals surface area (Å²) in [4.78, 5) is 2.18. The lowest BCUT2D eigenvalue weighted by molar-refractivity contribution is -0.0175. The second kappa shape index (κ2) is 7.79. The molecule has 0 radical (unpaired) electrons. The zero-order valence-corrected chi connectivity index (χ0v) is 13.6. The molecular formula is C18H20ClNO3. The van der Waals surface area contributed by atoms with E-state index in [-0.39, 0.29) is 13.4 Å². The first-order chi connectivity index (χ1) is 11.3. The summed E-state index contributed by atoms with van der Waals surface area (Å²) >= 11 is 6.22. The number of ether oxygens (including phenoxy) is 2. The zero-order chi connectivity index (χ0) is 16.1. The predicted octanol–water partition coefficient (Wildman–Crippen LogP) is 3.20. The van der Waals surface area contributed by atoms with E-state index < -0.39 is 0 Å². The Balaban J connectivity index is 1.81. The van der Waals surface area contributed by atoms with Crippen molar-refractivity contribution in [3.63, 3.8) is 0 Å². The maximum atomic E-state index is 9.37. The number of fused-ring (bicyclic) bond motifs is 1. The van der Waals surface area contributed by atoms with E-state index >= 15 is 0 Å². The first-order valence-corrected chi connectivity index (χ1v) is 8.03. The van der Waals surface area contributed by atoms with Crippen LogP contribution in [0.3, 0.4) is 0 Å². The molecule has 4 nitrogen and oxygen atoms in total. The third-order valence-electron chi connectivity index (χ3n) is 3.81. The highest BCUT2D eigenvalue weighted by atomic mass is 35.5.